The lowest BCUT2D eigenvalue weighted by atomic mass is 10.0. The topological polar surface area (TPSA) is 83.5 Å². The Hall–Kier alpha value is -2.18. The molecule has 0 heterocycles. The predicted molar refractivity (Wildman–Crippen MR) is 91.1 cm³/mol. The number of carboxylic acid groups (broad SMARTS) is 1. The fourth-order valence-electron chi connectivity index (χ4n) is 3.14. The highest BCUT2D eigenvalue weighted by molar-refractivity contribution is 7.88. The summed E-state index contributed by atoms with van der Waals surface area (Å²) in [5.41, 5.74) is 3.21. The van der Waals surface area contributed by atoms with E-state index in [1.165, 1.54) is 0 Å². The number of aryl methyl sites for hydroxylation is 1. The van der Waals surface area contributed by atoms with Crippen molar-refractivity contribution in [2.45, 2.75) is 31.1 Å². The minimum atomic E-state index is -3.57. The van der Waals surface area contributed by atoms with Crippen molar-refractivity contribution in [2.75, 3.05) is 0 Å². The lowest BCUT2D eigenvalue weighted by Gasteiger charge is -2.14. The highest BCUT2D eigenvalue weighted by Gasteiger charge is 2.36. The van der Waals surface area contributed by atoms with Gasteiger partial charge < -0.3 is 5.11 Å². The van der Waals surface area contributed by atoms with Crippen LogP contribution >= 0.6 is 0 Å². The van der Waals surface area contributed by atoms with Crippen molar-refractivity contribution in [3.63, 3.8) is 0 Å². The predicted octanol–water partition coefficient (Wildman–Crippen LogP) is 2.73. The number of carbonyl (C=O) groups is 1. The number of carboxylic acids is 1. The summed E-state index contributed by atoms with van der Waals surface area (Å²) < 4.78 is 27.6. The highest BCUT2D eigenvalue weighted by atomic mass is 32.2. The summed E-state index contributed by atoms with van der Waals surface area (Å²) in [4.78, 5) is 11.4. The Bertz CT molecular complexity index is 859. The van der Waals surface area contributed by atoms with Crippen LogP contribution in [0, 0.1) is 6.92 Å². The third kappa shape index (κ3) is 3.49. The second-order valence-corrected chi connectivity index (χ2v) is 7.92. The molecule has 2 aromatic rings. The molecule has 2 aromatic carbocycles. The van der Waals surface area contributed by atoms with Crippen LogP contribution in [0.5, 0.6) is 0 Å². The molecular weight excluding hydrogens is 326 g/mol. The quantitative estimate of drug-likeness (QED) is 0.873. The van der Waals surface area contributed by atoms with E-state index in [4.69, 9.17) is 0 Å². The van der Waals surface area contributed by atoms with Crippen molar-refractivity contribution in [3.8, 4) is 0 Å². The fourth-order valence-corrected chi connectivity index (χ4v) is 4.51. The Morgan fingerprint density at radius 1 is 1.12 bits per heavy atom. The van der Waals surface area contributed by atoms with Crippen LogP contribution in [0.1, 0.15) is 40.6 Å². The molecule has 0 fully saturated rings. The first-order valence-corrected chi connectivity index (χ1v) is 9.38. The molecule has 1 aliphatic rings. The molecule has 0 amide bonds. The van der Waals surface area contributed by atoms with E-state index in [2.05, 4.69) is 4.72 Å². The standard InChI is InChI=1S/C18H19NO4S/c1-12-6-8-13(9-7-12)11-24(22,23)19-17-10-16(18(20)21)14-4-2-3-5-15(14)17/h2-9,16-17,19H,10-11H2,1H3,(H,20,21)/t16-,17+/m0/s1. The Labute approximate surface area is 141 Å². The van der Waals surface area contributed by atoms with Gasteiger partial charge in [-0.15, -0.1) is 0 Å². The third-order valence-corrected chi connectivity index (χ3v) is 5.67. The lowest BCUT2D eigenvalue weighted by Crippen LogP contribution is -2.29. The maximum Gasteiger partial charge on any atom is 0.311 e. The number of rotatable bonds is 5. The molecular formula is C18H19NO4S. The molecule has 3 rings (SSSR count). The van der Waals surface area contributed by atoms with Gasteiger partial charge in [-0.1, -0.05) is 54.1 Å². The van der Waals surface area contributed by atoms with E-state index >= 15 is 0 Å². The normalized spacial score (nSPS) is 19.9. The van der Waals surface area contributed by atoms with Crippen LogP contribution in [0.3, 0.4) is 0 Å². The monoisotopic (exact) mass is 345 g/mol. The van der Waals surface area contributed by atoms with Crippen molar-refractivity contribution in [1.29, 1.82) is 0 Å². The summed E-state index contributed by atoms with van der Waals surface area (Å²) in [6.45, 7) is 1.94. The van der Waals surface area contributed by atoms with Crippen molar-refractivity contribution in [1.82, 2.24) is 4.72 Å². The first-order valence-electron chi connectivity index (χ1n) is 7.73. The van der Waals surface area contributed by atoms with E-state index in [1.807, 2.05) is 19.1 Å². The zero-order chi connectivity index (χ0) is 17.3. The molecule has 0 aromatic heterocycles. The van der Waals surface area contributed by atoms with Crippen LogP contribution in [0.25, 0.3) is 0 Å². The van der Waals surface area contributed by atoms with E-state index in [1.54, 1.807) is 36.4 Å². The number of sulfonamides is 1. The molecule has 6 heteroatoms. The van der Waals surface area contributed by atoms with E-state index in [0.717, 1.165) is 11.1 Å². The summed E-state index contributed by atoms with van der Waals surface area (Å²) in [6, 6.07) is 13.9. The van der Waals surface area contributed by atoms with E-state index < -0.39 is 28.0 Å². The smallest absolute Gasteiger partial charge is 0.311 e. The second-order valence-electron chi connectivity index (χ2n) is 6.17. The average Bonchev–Trinajstić information content (AvgIpc) is 2.88. The molecule has 5 nitrogen and oxygen atoms in total. The number of fused-ring (bicyclic) bond motifs is 1. The Morgan fingerprint density at radius 2 is 1.75 bits per heavy atom. The minimum absolute atomic E-state index is 0.121. The van der Waals surface area contributed by atoms with Gasteiger partial charge >= 0.3 is 5.97 Å². The first-order chi connectivity index (χ1) is 11.4. The van der Waals surface area contributed by atoms with Gasteiger partial charge in [0.2, 0.25) is 10.0 Å². The number of benzene rings is 2. The number of nitrogens with one attached hydrogen (secondary N) is 1. The third-order valence-electron chi connectivity index (χ3n) is 4.32. The molecule has 0 radical (unpaired) electrons. The molecule has 0 unspecified atom stereocenters. The lowest BCUT2D eigenvalue weighted by molar-refractivity contribution is -0.138. The second kappa shape index (κ2) is 6.37. The zero-order valence-corrected chi connectivity index (χ0v) is 14.1. The number of aliphatic carboxylic acids is 1. The summed E-state index contributed by atoms with van der Waals surface area (Å²) in [5, 5.41) is 9.36. The Balaban J connectivity index is 1.80. The molecule has 0 saturated carbocycles. The fraction of sp³-hybridized carbons (Fsp3) is 0.278. The summed E-state index contributed by atoms with van der Waals surface area (Å²) in [6.07, 6.45) is 0.238. The van der Waals surface area contributed by atoms with E-state index in [0.29, 0.717) is 11.1 Å². The number of hydrogen-bond donors (Lipinski definition) is 2. The SMILES string of the molecule is Cc1ccc(CS(=O)(=O)N[C@@H]2C[C@H](C(=O)O)c3ccccc32)cc1. The summed E-state index contributed by atoms with van der Waals surface area (Å²) in [5.74, 6) is -1.72. The van der Waals surface area contributed by atoms with Crippen LogP contribution in [-0.4, -0.2) is 19.5 Å². The van der Waals surface area contributed by atoms with Gasteiger partial charge in [0.25, 0.3) is 0 Å². The van der Waals surface area contributed by atoms with Gasteiger partial charge in [0, 0.05) is 6.04 Å². The average molecular weight is 345 g/mol. The summed E-state index contributed by atoms with van der Waals surface area (Å²) in [7, 11) is -3.57. The van der Waals surface area contributed by atoms with Crippen molar-refractivity contribution in [3.05, 3.63) is 70.8 Å². The largest absolute Gasteiger partial charge is 0.481 e. The Morgan fingerprint density at radius 3 is 2.38 bits per heavy atom. The minimum Gasteiger partial charge on any atom is -0.481 e. The maximum atomic E-state index is 12.5. The molecule has 126 valence electrons. The molecule has 2 N–H and O–H groups in total. The van der Waals surface area contributed by atoms with E-state index in [9.17, 15) is 18.3 Å². The Kier molecular flexibility index (Phi) is 4.43. The molecule has 2 atom stereocenters. The molecule has 0 aliphatic heterocycles. The van der Waals surface area contributed by atoms with Gasteiger partial charge in [0.1, 0.15) is 0 Å². The van der Waals surface area contributed by atoms with Crippen molar-refractivity contribution < 1.29 is 18.3 Å². The van der Waals surface area contributed by atoms with Gasteiger partial charge in [-0.2, -0.15) is 0 Å². The van der Waals surface area contributed by atoms with Crippen LogP contribution in [0.4, 0.5) is 0 Å². The van der Waals surface area contributed by atoms with Crippen LogP contribution in [-0.2, 0) is 20.6 Å². The van der Waals surface area contributed by atoms with Gasteiger partial charge in [-0.25, -0.2) is 13.1 Å². The van der Waals surface area contributed by atoms with Gasteiger partial charge in [-0.3, -0.25) is 4.79 Å². The maximum absolute atomic E-state index is 12.5. The van der Waals surface area contributed by atoms with Gasteiger partial charge in [-0.05, 0) is 30.0 Å². The zero-order valence-electron chi connectivity index (χ0n) is 13.3. The van der Waals surface area contributed by atoms with Gasteiger partial charge in [0.05, 0.1) is 11.7 Å². The van der Waals surface area contributed by atoms with Crippen LogP contribution in [0.15, 0.2) is 48.5 Å². The molecule has 0 saturated heterocycles. The highest BCUT2D eigenvalue weighted by Crippen LogP contribution is 2.40. The van der Waals surface area contributed by atoms with Crippen LogP contribution < -0.4 is 4.72 Å². The molecule has 0 bridgehead atoms. The molecule has 1 aliphatic carbocycles. The summed E-state index contributed by atoms with van der Waals surface area (Å²) >= 11 is 0. The van der Waals surface area contributed by atoms with Gasteiger partial charge in [0.15, 0.2) is 0 Å². The van der Waals surface area contributed by atoms with Crippen molar-refractivity contribution >= 4 is 16.0 Å². The first kappa shape index (κ1) is 16.7. The van der Waals surface area contributed by atoms with Crippen molar-refractivity contribution in [2.24, 2.45) is 0 Å². The van der Waals surface area contributed by atoms with Crippen LogP contribution in [0.2, 0.25) is 0 Å². The molecule has 0 spiro atoms. The molecule has 24 heavy (non-hydrogen) atoms. The number of hydrogen-bond acceptors (Lipinski definition) is 3. The van der Waals surface area contributed by atoms with E-state index in [-0.39, 0.29) is 12.2 Å².